The van der Waals surface area contributed by atoms with Crippen LogP contribution < -0.4 is 10.1 Å². The van der Waals surface area contributed by atoms with E-state index in [1.54, 1.807) is 11.0 Å². The van der Waals surface area contributed by atoms with Gasteiger partial charge in [0, 0.05) is 17.4 Å². The van der Waals surface area contributed by atoms with Crippen LogP contribution in [0.25, 0.3) is 0 Å². The molecule has 1 saturated heterocycles. The van der Waals surface area contributed by atoms with Crippen molar-refractivity contribution in [3.63, 3.8) is 0 Å². The summed E-state index contributed by atoms with van der Waals surface area (Å²) >= 11 is 0. The summed E-state index contributed by atoms with van der Waals surface area (Å²) in [4.78, 5) is 17.9. The Bertz CT molecular complexity index is 669. The van der Waals surface area contributed by atoms with E-state index in [2.05, 4.69) is 10.3 Å². The first-order valence-electron chi connectivity index (χ1n) is 7.02. The van der Waals surface area contributed by atoms with Gasteiger partial charge in [0.25, 0.3) is 0 Å². The molecular formula is C16H16FN3O2. The van der Waals surface area contributed by atoms with Gasteiger partial charge in [0.1, 0.15) is 11.9 Å². The van der Waals surface area contributed by atoms with Gasteiger partial charge in [-0.2, -0.15) is 0 Å². The molecular weight excluding hydrogens is 285 g/mol. The highest BCUT2D eigenvalue weighted by molar-refractivity contribution is 5.89. The fourth-order valence-electron chi connectivity index (χ4n) is 2.17. The summed E-state index contributed by atoms with van der Waals surface area (Å²) in [7, 11) is 0. The second-order valence-electron chi connectivity index (χ2n) is 5.20. The molecule has 0 unspecified atom stereocenters. The van der Waals surface area contributed by atoms with E-state index in [4.69, 9.17) is 4.74 Å². The molecule has 0 aliphatic carbocycles. The Kier molecular flexibility index (Phi) is 3.91. The molecule has 1 aliphatic heterocycles. The molecule has 1 fully saturated rings. The minimum atomic E-state index is -0.332. The Balaban J connectivity index is 1.48. The Labute approximate surface area is 127 Å². The third kappa shape index (κ3) is 3.33. The lowest BCUT2D eigenvalue weighted by molar-refractivity contribution is 0.0460. The van der Waals surface area contributed by atoms with Crippen molar-refractivity contribution in [2.45, 2.75) is 13.0 Å². The highest BCUT2D eigenvalue weighted by Gasteiger charge is 2.32. The minimum Gasteiger partial charge on any atom is -0.471 e. The van der Waals surface area contributed by atoms with Crippen molar-refractivity contribution in [1.82, 2.24) is 9.88 Å². The van der Waals surface area contributed by atoms with Crippen LogP contribution in [0.15, 0.2) is 42.5 Å². The quantitative estimate of drug-likeness (QED) is 0.948. The Hall–Kier alpha value is -2.63. The number of carbonyl (C=O) groups excluding carboxylic acids is 1. The molecule has 1 aliphatic rings. The first kappa shape index (κ1) is 14.3. The standard InChI is InChI=1S/C16H16FN3O2/c1-11-3-2-4-15(18-11)22-14-9-20(10-14)16(21)19-13-7-5-12(17)6-8-13/h2-8,14H,9-10H2,1H3,(H,19,21). The van der Waals surface area contributed by atoms with Gasteiger partial charge in [0.05, 0.1) is 13.1 Å². The maximum Gasteiger partial charge on any atom is 0.322 e. The van der Waals surface area contributed by atoms with Crippen LogP contribution in [0.5, 0.6) is 5.88 Å². The van der Waals surface area contributed by atoms with Gasteiger partial charge in [-0.25, -0.2) is 14.2 Å². The third-order valence-electron chi connectivity index (χ3n) is 3.38. The van der Waals surface area contributed by atoms with Gasteiger partial charge in [0.15, 0.2) is 0 Å². The lowest BCUT2D eigenvalue weighted by atomic mass is 10.2. The molecule has 0 radical (unpaired) electrons. The smallest absolute Gasteiger partial charge is 0.322 e. The zero-order valence-electron chi connectivity index (χ0n) is 12.1. The third-order valence-corrected chi connectivity index (χ3v) is 3.38. The summed E-state index contributed by atoms with van der Waals surface area (Å²) in [6.45, 7) is 2.90. The Morgan fingerprint density at radius 3 is 2.68 bits per heavy atom. The minimum absolute atomic E-state index is 0.0479. The number of anilines is 1. The fraction of sp³-hybridized carbons (Fsp3) is 0.250. The average Bonchev–Trinajstić information content (AvgIpc) is 2.45. The van der Waals surface area contributed by atoms with E-state index >= 15 is 0 Å². The molecule has 2 amide bonds. The molecule has 2 aromatic rings. The Morgan fingerprint density at radius 2 is 2.00 bits per heavy atom. The highest BCUT2D eigenvalue weighted by Crippen LogP contribution is 2.18. The van der Waals surface area contributed by atoms with E-state index in [9.17, 15) is 9.18 Å². The van der Waals surface area contributed by atoms with Crippen LogP contribution in [0.1, 0.15) is 5.69 Å². The van der Waals surface area contributed by atoms with Crippen molar-refractivity contribution in [3.05, 3.63) is 54.0 Å². The molecule has 3 rings (SSSR count). The second kappa shape index (κ2) is 6.01. The molecule has 1 aromatic carbocycles. The number of amides is 2. The van der Waals surface area contributed by atoms with Crippen LogP contribution in [0.3, 0.4) is 0 Å². The van der Waals surface area contributed by atoms with E-state index < -0.39 is 0 Å². The van der Waals surface area contributed by atoms with Crippen molar-refractivity contribution < 1.29 is 13.9 Å². The number of ether oxygens (including phenoxy) is 1. The topological polar surface area (TPSA) is 54.5 Å². The molecule has 0 spiro atoms. The van der Waals surface area contributed by atoms with Crippen LogP contribution in [0, 0.1) is 12.7 Å². The summed E-state index contributed by atoms with van der Waals surface area (Å²) in [5, 5.41) is 2.71. The number of urea groups is 1. The monoisotopic (exact) mass is 301 g/mol. The molecule has 22 heavy (non-hydrogen) atoms. The number of rotatable bonds is 3. The van der Waals surface area contributed by atoms with Crippen LogP contribution in [0.4, 0.5) is 14.9 Å². The molecule has 5 nitrogen and oxygen atoms in total. The van der Waals surface area contributed by atoms with Gasteiger partial charge in [-0.1, -0.05) is 6.07 Å². The first-order chi connectivity index (χ1) is 10.6. The number of halogens is 1. The summed E-state index contributed by atoms with van der Waals surface area (Å²) in [5.41, 5.74) is 1.46. The van der Waals surface area contributed by atoms with Gasteiger partial charge < -0.3 is 15.0 Å². The highest BCUT2D eigenvalue weighted by atomic mass is 19.1. The molecule has 0 atom stereocenters. The lowest BCUT2D eigenvalue weighted by Crippen LogP contribution is -2.57. The number of nitrogens with zero attached hydrogens (tertiary/aromatic N) is 2. The maximum absolute atomic E-state index is 12.8. The predicted octanol–water partition coefficient (Wildman–Crippen LogP) is 2.82. The van der Waals surface area contributed by atoms with Crippen molar-refractivity contribution in [2.24, 2.45) is 0 Å². The van der Waals surface area contributed by atoms with Gasteiger partial charge in [0.2, 0.25) is 5.88 Å². The zero-order valence-corrected chi connectivity index (χ0v) is 12.1. The van der Waals surface area contributed by atoms with Crippen molar-refractivity contribution >= 4 is 11.7 Å². The number of aryl methyl sites for hydroxylation is 1. The number of nitrogens with one attached hydrogen (secondary N) is 1. The summed E-state index contributed by atoms with van der Waals surface area (Å²) in [5.74, 6) is 0.240. The number of benzene rings is 1. The van der Waals surface area contributed by atoms with Crippen LogP contribution in [0.2, 0.25) is 0 Å². The molecule has 0 bridgehead atoms. The number of likely N-dealkylation sites (tertiary alicyclic amines) is 1. The van der Waals surface area contributed by atoms with Gasteiger partial charge in [-0.15, -0.1) is 0 Å². The largest absolute Gasteiger partial charge is 0.471 e. The molecule has 1 N–H and O–H groups in total. The van der Waals surface area contributed by atoms with E-state index in [-0.39, 0.29) is 18.0 Å². The van der Waals surface area contributed by atoms with Crippen LogP contribution in [-0.4, -0.2) is 35.1 Å². The lowest BCUT2D eigenvalue weighted by Gasteiger charge is -2.38. The number of aromatic nitrogens is 1. The molecule has 1 aromatic heterocycles. The summed E-state index contributed by atoms with van der Waals surface area (Å²) in [6, 6.07) is 11.0. The van der Waals surface area contributed by atoms with Gasteiger partial charge >= 0.3 is 6.03 Å². The number of carbonyl (C=O) groups is 1. The normalized spacial score (nSPS) is 14.4. The number of hydrogen-bond acceptors (Lipinski definition) is 3. The Morgan fingerprint density at radius 1 is 1.27 bits per heavy atom. The van der Waals surface area contributed by atoms with Crippen LogP contribution >= 0.6 is 0 Å². The number of pyridine rings is 1. The van der Waals surface area contributed by atoms with E-state index in [0.717, 1.165) is 5.69 Å². The first-order valence-corrected chi connectivity index (χ1v) is 7.02. The van der Waals surface area contributed by atoms with Crippen molar-refractivity contribution in [3.8, 4) is 5.88 Å². The molecule has 6 heteroatoms. The molecule has 0 saturated carbocycles. The number of hydrogen-bond donors (Lipinski definition) is 1. The maximum atomic E-state index is 12.8. The zero-order chi connectivity index (χ0) is 15.5. The average molecular weight is 301 g/mol. The van der Waals surface area contributed by atoms with Gasteiger partial charge in [-0.3, -0.25) is 0 Å². The predicted molar refractivity (Wildman–Crippen MR) is 80.4 cm³/mol. The SMILES string of the molecule is Cc1cccc(OC2CN(C(=O)Nc3ccc(F)cc3)C2)n1. The van der Waals surface area contributed by atoms with Crippen LogP contribution in [-0.2, 0) is 0 Å². The van der Waals surface area contributed by atoms with E-state index in [1.165, 1.54) is 24.3 Å². The molecule has 2 heterocycles. The fourth-order valence-corrected chi connectivity index (χ4v) is 2.17. The van der Waals surface area contributed by atoms with E-state index in [0.29, 0.717) is 24.7 Å². The summed E-state index contributed by atoms with van der Waals surface area (Å²) in [6.07, 6.45) is -0.0479. The van der Waals surface area contributed by atoms with Crippen molar-refractivity contribution in [2.75, 3.05) is 18.4 Å². The molecule has 114 valence electrons. The van der Waals surface area contributed by atoms with E-state index in [1.807, 2.05) is 19.1 Å². The van der Waals surface area contributed by atoms with Gasteiger partial charge in [-0.05, 0) is 37.3 Å². The van der Waals surface area contributed by atoms with Crippen molar-refractivity contribution in [1.29, 1.82) is 0 Å². The second-order valence-corrected chi connectivity index (χ2v) is 5.20. The summed E-state index contributed by atoms with van der Waals surface area (Å²) < 4.78 is 18.5.